The molecule has 1 N–H and O–H groups in total. The van der Waals surface area contributed by atoms with E-state index in [1.165, 1.54) is 18.2 Å². The lowest BCUT2D eigenvalue weighted by atomic mass is 9.97. The average molecular weight is 565 g/mol. The highest BCUT2D eigenvalue weighted by Gasteiger charge is 2.40. The lowest BCUT2D eigenvalue weighted by Crippen LogP contribution is -2.45. The number of rotatable bonds is 6. The number of hydrogen-bond acceptors (Lipinski definition) is 5. The molecule has 2 aliphatic rings. The number of aliphatic hydroxyl groups is 1. The van der Waals surface area contributed by atoms with Crippen LogP contribution in [0.3, 0.4) is 0 Å². The van der Waals surface area contributed by atoms with Crippen molar-refractivity contribution in [1.82, 2.24) is 19.6 Å². The van der Waals surface area contributed by atoms with Crippen LogP contribution in [0.25, 0.3) is 0 Å². The summed E-state index contributed by atoms with van der Waals surface area (Å²) in [6.45, 7) is -0.656. The van der Waals surface area contributed by atoms with Gasteiger partial charge >= 0.3 is 6.61 Å². The Kier molecular flexibility index (Phi) is 7.30. The van der Waals surface area contributed by atoms with E-state index in [-0.39, 0.29) is 54.9 Å². The molecule has 3 aromatic rings. The first-order chi connectivity index (χ1) is 18.2. The van der Waals surface area contributed by atoms with E-state index < -0.39 is 12.7 Å². The second-order valence-electron chi connectivity index (χ2n) is 9.38. The predicted octanol–water partition coefficient (Wildman–Crippen LogP) is 4.57. The molecule has 8 nitrogen and oxygen atoms in total. The highest BCUT2D eigenvalue weighted by molar-refractivity contribution is 6.42. The van der Waals surface area contributed by atoms with Crippen LogP contribution >= 0.6 is 23.2 Å². The molecule has 0 bridgehead atoms. The molecular weight excluding hydrogens is 541 g/mol. The van der Waals surface area contributed by atoms with Gasteiger partial charge in [-0.2, -0.15) is 13.9 Å². The smallest absolute Gasteiger partial charge is 0.387 e. The minimum atomic E-state index is -2.92. The van der Waals surface area contributed by atoms with Gasteiger partial charge in [0.2, 0.25) is 0 Å². The van der Waals surface area contributed by atoms with E-state index in [0.717, 1.165) is 0 Å². The van der Waals surface area contributed by atoms with Crippen LogP contribution in [0.2, 0.25) is 10.0 Å². The Balaban J connectivity index is 1.42. The third-order valence-corrected chi connectivity index (χ3v) is 7.61. The van der Waals surface area contributed by atoms with Crippen molar-refractivity contribution < 1.29 is 28.2 Å². The molecule has 0 saturated carbocycles. The zero-order valence-electron chi connectivity index (χ0n) is 20.3. The van der Waals surface area contributed by atoms with Crippen LogP contribution in [0.5, 0.6) is 5.75 Å². The molecule has 0 unspecified atom stereocenters. The van der Waals surface area contributed by atoms with Crippen LogP contribution in [0, 0.1) is 0 Å². The van der Waals surface area contributed by atoms with Crippen molar-refractivity contribution in [3.05, 3.63) is 80.6 Å². The number of amides is 2. The largest absolute Gasteiger partial charge is 0.435 e. The molecule has 2 atom stereocenters. The summed E-state index contributed by atoms with van der Waals surface area (Å²) in [5.74, 6) is -0.505. The van der Waals surface area contributed by atoms with E-state index in [1.54, 1.807) is 38.7 Å². The number of aromatic nitrogens is 2. The van der Waals surface area contributed by atoms with Gasteiger partial charge in [0, 0.05) is 36.7 Å². The summed E-state index contributed by atoms with van der Waals surface area (Å²) >= 11 is 12.1. The highest BCUT2D eigenvalue weighted by Crippen LogP contribution is 2.33. The summed E-state index contributed by atoms with van der Waals surface area (Å²) in [4.78, 5) is 30.3. The van der Waals surface area contributed by atoms with Gasteiger partial charge in [-0.1, -0.05) is 35.3 Å². The Hall–Kier alpha value is -3.21. The number of halogens is 4. The topological polar surface area (TPSA) is 87.9 Å². The lowest BCUT2D eigenvalue weighted by Gasteiger charge is -2.35. The Morgan fingerprint density at radius 3 is 2.58 bits per heavy atom. The van der Waals surface area contributed by atoms with Crippen molar-refractivity contribution in [2.75, 3.05) is 13.2 Å². The molecule has 1 aromatic heterocycles. The number of carbonyl (C=O) groups is 2. The molecule has 0 aliphatic carbocycles. The Labute approximate surface area is 227 Å². The Morgan fingerprint density at radius 2 is 1.92 bits per heavy atom. The molecule has 0 fully saturated rings. The van der Waals surface area contributed by atoms with Crippen molar-refractivity contribution in [3.63, 3.8) is 0 Å². The number of nitrogens with zero attached hydrogens (tertiary/aromatic N) is 4. The Bertz CT molecular complexity index is 1380. The van der Waals surface area contributed by atoms with E-state index in [9.17, 15) is 23.5 Å². The molecule has 0 spiro atoms. The van der Waals surface area contributed by atoms with Gasteiger partial charge in [0.05, 0.1) is 34.9 Å². The number of benzene rings is 2. The molecule has 38 heavy (non-hydrogen) atoms. The third-order valence-electron chi connectivity index (χ3n) is 6.87. The van der Waals surface area contributed by atoms with Crippen LogP contribution in [-0.4, -0.2) is 62.3 Å². The first-order valence-electron chi connectivity index (χ1n) is 12.0. The molecule has 5 rings (SSSR count). The molecule has 200 valence electrons. The number of fused-ring (bicyclic) bond motifs is 3. The van der Waals surface area contributed by atoms with E-state index in [0.29, 0.717) is 39.5 Å². The highest BCUT2D eigenvalue weighted by atomic mass is 35.5. The predicted molar refractivity (Wildman–Crippen MR) is 136 cm³/mol. The number of carbonyl (C=O) groups excluding carboxylic acids is 2. The molecule has 2 aromatic carbocycles. The second-order valence-corrected chi connectivity index (χ2v) is 10.2. The average Bonchev–Trinajstić information content (AvgIpc) is 3.25. The molecule has 2 aliphatic heterocycles. The van der Waals surface area contributed by atoms with Crippen molar-refractivity contribution in [2.45, 2.75) is 45.1 Å². The summed E-state index contributed by atoms with van der Waals surface area (Å²) in [7, 11) is 0. The zero-order chi connectivity index (χ0) is 27.1. The van der Waals surface area contributed by atoms with Crippen molar-refractivity contribution >= 4 is 35.0 Å². The van der Waals surface area contributed by atoms with Crippen LogP contribution in [-0.2, 0) is 19.5 Å². The van der Waals surface area contributed by atoms with Crippen molar-refractivity contribution in [1.29, 1.82) is 0 Å². The summed E-state index contributed by atoms with van der Waals surface area (Å²) < 4.78 is 30.9. The minimum absolute atomic E-state index is 0.0231. The number of aliphatic hydroxyl groups excluding tert-OH is 1. The maximum absolute atomic E-state index is 13.7. The van der Waals surface area contributed by atoms with Gasteiger partial charge in [-0.05, 0) is 42.8 Å². The molecular formula is C26H24Cl2F2N4O4. The van der Waals surface area contributed by atoms with Gasteiger partial charge in [0.15, 0.2) is 0 Å². The van der Waals surface area contributed by atoms with Crippen LogP contribution in [0.4, 0.5) is 8.78 Å². The molecule has 0 saturated heterocycles. The van der Waals surface area contributed by atoms with Crippen molar-refractivity contribution in [2.24, 2.45) is 0 Å². The number of alkyl halides is 2. The van der Waals surface area contributed by atoms with Crippen molar-refractivity contribution in [3.8, 4) is 5.75 Å². The SMILES string of the molecule is C[C@@H]1Cc2nn3c(c2CN1C(=O)c1ccc(Cl)c(Cl)c1)C(=O)N(Cc1ccc(OC(F)F)cc1)C[C@H]3CO. The normalized spacial score (nSPS) is 19.0. The summed E-state index contributed by atoms with van der Waals surface area (Å²) in [5, 5.41) is 15.4. The van der Waals surface area contributed by atoms with E-state index >= 15 is 0 Å². The molecule has 3 heterocycles. The summed E-state index contributed by atoms with van der Waals surface area (Å²) in [6.07, 6.45) is 0.444. The second kappa shape index (κ2) is 10.5. The fraction of sp³-hybridized carbons (Fsp3) is 0.346. The van der Waals surface area contributed by atoms with E-state index in [4.69, 9.17) is 23.2 Å². The van der Waals surface area contributed by atoms with Crippen LogP contribution < -0.4 is 4.74 Å². The standard InChI is InChI=1S/C26H24Cl2F2N4O4/c1-14-8-22-19(12-33(14)24(36)16-4-7-20(27)21(28)9-16)23-25(37)32(11-17(13-35)34(23)31-22)10-15-2-5-18(6-3-15)38-26(29)30/h2-7,9,14,17,26,35H,8,10-13H2,1H3/t14-,17+/m1/s1. The fourth-order valence-electron chi connectivity index (χ4n) is 4.95. The maximum atomic E-state index is 13.7. The van der Waals surface area contributed by atoms with Gasteiger partial charge in [-0.15, -0.1) is 0 Å². The van der Waals surface area contributed by atoms with Gasteiger partial charge in [-0.3, -0.25) is 14.3 Å². The van der Waals surface area contributed by atoms with Crippen LogP contribution in [0.15, 0.2) is 42.5 Å². The maximum Gasteiger partial charge on any atom is 0.387 e. The lowest BCUT2D eigenvalue weighted by molar-refractivity contribution is -0.0498. The van der Waals surface area contributed by atoms with E-state index in [2.05, 4.69) is 9.84 Å². The first-order valence-corrected chi connectivity index (χ1v) is 12.7. The minimum Gasteiger partial charge on any atom is -0.435 e. The Morgan fingerprint density at radius 1 is 1.18 bits per heavy atom. The van der Waals surface area contributed by atoms with Gasteiger partial charge in [0.25, 0.3) is 11.8 Å². The first kappa shape index (κ1) is 26.4. The molecule has 12 heteroatoms. The summed E-state index contributed by atoms with van der Waals surface area (Å²) in [5.41, 5.74) is 2.79. The van der Waals surface area contributed by atoms with Gasteiger partial charge < -0.3 is 19.6 Å². The zero-order valence-corrected chi connectivity index (χ0v) is 21.8. The number of ether oxygens (including phenoxy) is 1. The van der Waals surface area contributed by atoms with Gasteiger partial charge in [0.1, 0.15) is 11.4 Å². The van der Waals surface area contributed by atoms with Gasteiger partial charge in [-0.25, -0.2) is 0 Å². The van der Waals surface area contributed by atoms with E-state index in [1.807, 2.05) is 6.92 Å². The third kappa shape index (κ3) is 4.95. The monoisotopic (exact) mass is 564 g/mol. The van der Waals surface area contributed by atoms with Crippen LogP contribution in [0.1, 0.15) is 50.6 Å². The summed E-state index contributed by atoms with van der Waals surface area (Å²) in [6, 6.07) is 10.1. The molecule has 2 amide bonds. The quantitative estimate of drug-likeness (QED) is 0.474. The molecule has 0 radical (unpaired) electrons. The number of hydrogen-bond donors (Lipinski definition) is 1. The fourth-order valence-corrected chi connectivity index (χ4v) is 5.25.